The molecule has 0 aliphatic carbocycles. The van der Waals surface area contributed by atoms with E-state index in [1.165, 1.54) is 17.8 Å². The van der Waals surface area contributed by atoms with E-state index in [-0.39, 0.29) is 0 Å². The van der Waals surface area contributed by atoms with Gasteiger partial charge in [-0.25, -0.2) is 4.98 Å². The summed E-state index contributed by atoms with van der Waals surface area (Å²) in [5.74, 6) is 1.20. The third-order valence-corrected chi connectivity index (χ3v) is 5.26. The van der Waals surface area contributed by atoms with E-state index in [4.69, 9.17) is 4.98 Å². The Morgan fingerprint density at radius 3 is 2.65 bits per heavy atom. The van der Waals surface area contributed by atoms with Crippen molar-refractivity contribution in [1.29, 1.82) is 0 Å². The van der Waals surface area contributed by atoms with Crippen LogP contribution in [0.3, 0.4) is 0 Å². The molecule has 23 heavy (non-hydrogen) atoms. The van der Waals surface area contributed by atoms with E-state index in [9.17, 15) is 0 Å². The largest absolute Gasteiger partial charge is 0.330 e. The van der Waals surface area contributed by atoms with E-state index >= 15 is 0 Å². The van der Waals surface area contributed by atoms with Crippen LogP contribution in [-0.4, -0.2) is 39.6 Å². The highest BCUT2D eigenvalue weighted by Crippen LogP contribution is 2.30. The molecule has 4 nitrogen and oxygen atoms in total. The van der Waals surface area contributed by atoms with E-state index in [2.05, 4.69) is 76.7 Å². The van der Waals surface area contributed by atoms with E-state index in [1.807, 2.05) is 0 Å². The van der Waals surface area contributed by atoms with Crippen molar-refractivity contribution in [2.45, 2.75) is 51.7 Å². The van der Waals surface area contributed by atoms with Crippen LogP contribution < -0.4 is 5.32 Å². The SMILES string of the molecule is CCC[C@@H](c1nc2cc(Br)ccc2n1C)N1C[C@@H](C)N[C@@H](C)C1. The van der Waals surface area contributed by atoms with Crippen LogP contribution in [-0.2, 0) is 7.05 Å². The number of halogens is 1. The van der Waals surface area contributed by atoms with E-state index in [1.54, 1.807) is 0 Å². The number of hydrogen-bond acceptors (Lipinski definition) is 3. The van der Waals surface area contributed by atoms with E-state index in [0.717, 1.165) is 29.5 Å². The highest BCUT2D eigenvalue weighted by molar-refractivity contribution is 9.10. The van der Waals surface area contributed by atoms with Gasteiger partial charge in [0, 0.05) is 36.7 Å². The van der Waals surface area contributed by atoms with E-state index < -0.39 is 0 Å². The normalized spacial score (nSPS) is 24.2. The minimum absolute atomic E-state index is 0.392. The number of aromatic nitrogens is 2. The fraction of sp³-hybridized carbons (Fsp3) is 0.611. The Balaban J connectivity index is 1.99. The topological polar surface area (TPSA) is 33.1 Å². The van der Waals surface area contributed by atoms with Crippen LogP contribution in [0, 0.1) is 0 Å². The molecule has 0 amide bonds. The summed E-state index contributed by atoms with van der Waals surface area (Å²) in [5.41, 5.74) is 2.29. The number of hydrogen-bond donors (Lipinski definition) is 1. The van der Waals surface area contributed by atoms with Crippen molar-refractivity contribution in [2.75, 3.05) is 13.1 Å². The molecule has 1 fully saturated rings. The molecule has 1 aliphatic rings. The molecule has 0 saturated carbocycles. The van der Waals surface area contributed by atoms with Gasteiger partial charge in [-0.3, -0.25) is 4.90 Å². The number of rotatable bonds is 4. The third kappa shape index (κ3) is 3.47. The Morgan fingerprint density at radius 1 is 1.30 bits per heavy atom. The highest BCUT2D eigenvalue weighted by Gasteiger charge is 2.30. The maximum atomic E-state index is 4.99. The molecule has 1 aromatic heterocycles. The molecule has 2 aromatic rings. The molecule has 3 rings (SSSR count). The zero-order valence-corrected chi connectivity index (χ0v) is 16.1. The van der Waals surface area contributed by atoms with Crippen molar-refractivity contribution in [3.8, 4) is 0 Å². The maximum absolute atomic E-state index is 4.99. The molecule has 1 aromatic carbocycles. The second-order valence-corrected chi connectivity index (χ2v) is 7.80. The molecule has 1 saturated heterocycles. The summed E-state index contributed by atoms with van der Waals surface area (Å²) in [6.45, 7) is 8.99. The molecule has 3 atom stereocenters. The summed E-state index contributed by atoms with van der Waals surface area (Å²) in [6.07, 6.45) is 2.32. The van der Waals surface area contributed by atoms with Crippen LogP contribution in [0.25, 0.3) is 11.0 Å². The molecule has 1 N–H and O–H groups in total. The van der Waals surface area contributed by atoms with Gasteiger partial charge in [0.1, 0.15) is 5.82 Å². The summed E-state index contributed by atoms with van der Waals surface area (Å²) in [7, 11) is 2.15. The first-order valence-corrected chi connectivity index (χ1v) is 9.40. The second-order valence-electron chi connectivity index (χ2n) is 6.89. The molecular formula is C18H27BrN4. The van der Waals surface area contributed by atoms with Crippen molar-refractivity contribution >= 4 is 27.0 Å². The molecule has 0 unspecified atom stereocenters. The molecule has 0 spiro atoms. The predicted molar refractivity (Wildman–Crippen MR) is 99.7 cm³/mol. The smallest absolute Gasteiger partial charge is 0.127 e. The lowest BCUT2D eigenvalue weighted by Gasteiger charge is -2.40. The summed E-state index contributed by atoms with van der Waals surface area (Å²) < 4.78 is 3.37. The molecule has 0 bridgehead atoms. The number of imidazole rings is 1. The zero-order chi connectivity index (χ0) is 16.6. The fourth-order valence-corrected chi connectivity index (χ4v) is 4.21. The fourth-order valence-electron chi connectivity index (χ4n) is 3.86. The van der Waals surface area contributed by atoms with Gasteiger partial charge in [-0.05, 0) is 38.5 Å². The molecule has 5 heteroatoms. The van der Waals surface area contributed by atoms with Crippen LogP contribution in [0.15, 0.2) is 22.7 Å². The van der Waals surface area contributed by atoms with E-state index in [0.29, 0.717) is 18.1 Å². The second kappa shape index (κ2) is 6.91. The quantitative estimate of drug-likeness (QED) is 0.876. The van der Waals surface area contributed by atoms with Gasteiger partial charge in [0.05, 0.1) is 17.1 Å². The Kier molecular flexibility index (Phi) is 5.09. The number of aryl methyl sites for hydroxylation is 1. The lowest BCUT2D eigenvalue weighted by atomic mass is 10.0. The number of fused-ring (bicyclic) bond motifs is 1. The Morgan fingerprint density at radius 2 is 2.00 bits per heavy atom. The molecular weight excluding hydrogens is 352 g/mol. The summed E-state index contributed by atoms with van der Waals surface area (Å²) in [5, 5.41) is 3.63. The lowest BCUT2D eigenvalue weighted by molar-refractivity contribution is 0.110. The molecule has 2 heterocycles. The van der Waals surface area contributed by atoms with Gasteiger partial charge in [-0.2, -0.15) is 0 Å². The molecule has 0 radical (unpaired) electrons. The Hall–Kier alpha value is -0.910. The standard InChI is InChI=1S/C18H27BrN4/c1-5-6-17(23-10-12(2)20-13(3)11-23)18-21-15-9-14(19)7-8-16(15)22(18)4/h7-9,12-13,17,20H,5-6,10-11H2,1-4H3/t12-,13+,17-/m0/s1. The summed E-state index contributed by atoms with van der Waals surface area (Å²) >= 11 is 3.56. The summed E-state index contributed by atoms with van der Waals surface area (Å²) in [4.78, 5) is 7.60. The number of nitrogens with zero attached hydrogens (tertiary/aromatic N) is 3. The zero-order valence-electron chi connectivity index (χ0n) is 14.5. The third-order valence-electron chi connectivity index (χ3n) is 4.76. The average molecular weight is 379 g/mol. The monoisotopic (exact) mass is 378 g/mol. The van der Waals surface area contributed by atoms with Crippen LogP contribution in [0.2, 0.25) is 0 Å². The van der Waals surface area contributed by atoms with Gasteiger partial charge in [-0.15, -0.1) is 0 Å². The first-order valence-electron chi connectivity index (χ1n) is 8.61. The van der Waals surface area contributed by atoms with Gasteiger partial charge in [0.25, 0.3) is 0 Å². The number of nitrogens with one attached hydrogen (secondary N) is 1. The number of piperazine rings is 1. The Labute approximate surface area is 147 Å². The van der Waals surface area contributed by atoms with Gasteiger partial charge in [-0.1, -0.05) is 29.3 Å². The predicted octanol–water partition coefficient (Wildman–Crippen LogP) is 3.86. The van der Waals surface area contributed by atoms with Crippen LogP contribution >= 0.6 is 15.9 Å². The van der Waals surface area contributed by atoms with Crippen LogP contribution in [0.5, 0.6) is 0 Å². The average Bonchev–Trinajstić information content (AvgIpc) is 2.80. The van der Waals surface area contributed by atoms with Crippen molar-refractivity contribution in [3.63, 3.8) is 0 Å². The van der Waals surface area contributed by atoms with Crippen LogP contribution in [0.1, 0.15) is 45.5 Å². The lowest BCUT2D eigenvalue weighted by Crippen LogP contribution is -2.55. The van der Waals surface area contributed by atoms with Crippen LogP contribution in [0.4, 0.5) is 0 Å². The molecule has 126 valence electrons. The molecule has 1 aliphatic heterocycles. The van der Waals surface area contributed by atoms with Crippen molar-refractivity contribution in [2.24, 2.45) is 7.05 Å². The van der Waals surface area contributed by atoms with Crippen molar-refractivity contribution < 1.29 is 0 Å². The van der Waals surface area contributed by atoms with Gasteiger partial charge in [0.2, 0.25) is 0 Å². The van der Waals surface area contributed by atoms with Gasteiger partial charge in [0.15, 0.2) is 0 Å². The number of benzene rings is 1. The minimum Gasteiger partial charge on any atom is -0.330 e. The summed E-state index contributed by atoms with van der Waals surface area (Å²) in [6, 6.07) is 7.82. The van der Waals surface area contributed by atoms with Crippen molar-refractivity contribution in [1.82, 2.24) is 19.8 Å². The van der Waals surface area contributed by atoms with Gasteiger partial charge < -0.3 is 9.88 Å². The first kappa shape index (κ1) is 16.9. The first-order chi connectivity index (χ1) is 11.0. The highest BCUT2D eigenvalue weighted by atomic mass is 79.9. The minimum atomic E-state index is 0.392. The van der Waals surface area contributed by atoms with Crippen molar-refractivity contribution in [3.05, 3.63) is 28.5 Å². The maximum Gasteiger partial charge on any atom is 0.127 e. The van der Waals surface area contributed by atoms with Gasteiger partial charge >= 0.3 is 0 Å². The Bertz CT molecular complexity index is 671.